The molecule has 0 amide bonds. The number of carbonyl (C=O) groups is 2. The number of aliphatic hydroxyl groups excluding tert-OH is 4. The van der Waals surface area contributed by atoms with Crippen molar-refractivity contribution >= 4 is 11.9 Å². The number of aliphatic carboxylic acids is 2. The van der Waals surface area contributed by atoms with Gasteiger partial charge in [-0.15, -0.1) is 0 Å². The number of carboxylic acids is 2. The third-order valence-electron chi connectivity index (χ3n) is 3.22. The normalized spacial score (nSPS) is 25.5. The van der Waals surface area contributed by atoms with E-state index in [4.69, 9.17) is 26.0 Å². The molecule has 0 saturated carbocycles. The molecule has 0 aromatic heterocycles. The quantitative estimate of drug-likeness (QED) is 0.144. The van der Waals surface area contributed by atoms with Crippen LogP contribution in [0.15, 0.2) is 0 Å². The number of hydrogen-bond donors (Lipinski definition) is 6. The van der Waals surface area contributed by atoms with Crippen molar-refractivity contribution in [2.75, 3.05) is 13.2 Å². The van der Waals surface area contributed by atoms with Gasteiger partial charge in [-0.05, 0) is 12.1 Å². The van der Waals surface area contributed by atoms with E-state index in [2.05, 4.69) is 0 Å². The third-order valence-corrected chi connectivity index (χ3v) is 3.22. The SMILES string of the molecule is CC(C)N.CC(C)N.O=C([O-])C(F)(CCOC1O[C@H](CO)[C@H](O)[C@H](O)[C@H]1O)C(=O)[O-].[Pt+2]. The first-order chi connectivity index (χ1) is 13.6. The van der Waals surface area contributed by atoms with Crippen LogP contribution in [0.4, 0.5) is 4.39 Å². The molecule has 1 rings (SSSR count). The maximum Gasteiger partial charge on any atom is 2.00 e. The minimum atomic E-state index is -3.80. The van der Waals surface area contributed by atoms with Crippen molar-refractivity contribution in [3.8, 4) is 0 Å². The molecule has 0 aromatic rings. The van der Waals surface area contributed by atoms with E-state index < -0.39 is 67.9 Å². The zero-order valence-electron chi connectivity index (χ0n) is 17.8. The number of carbonyl (C=O) groups excluding carboxylic acids is 2. The molecule has 31 heavy (non-hydrogen) atoms. The second-order valence-corrected chi connectivity index (χ2v) is 7.18. The molecule has 1 aliphatic rings. The first-order valence-electron chi connectivity index (χ1n) is 9.16. The summed E-state index contributed by atoms with van der Waals surface area (Å²) in [4.78, 5) is 20.9. The van der Waals surface area contributed by atoms with Crippen LogP contribution < -0.4 is 21.7 Å². The summed E-state index contributed by atoms with van der Waals surface area (Å²) >= 11 is 0. The first kappa shape index (κ1) is 34.8. The Morgan fingerprint density at radius 1 is 1.03 bits per heavy atom. The Kier molecular flexibility index (Phi) is 18.9. The van der Waals surface area contributed by atoms with Gasteiger partial charge >= 0.3 is 21.1 Å². The molecule has 1 saturated heterocycles. The van der Waals surface area contributed by atoms with E-state index in [9.17, 15) is 39.5 Å². The molecule has 0 spiro atoms. The summed E-state index contributed by atoms with van der Waals surface area (Å²) in [7, 11) is 0. The Labute approximate surface area is 194 Å². The molecule has 0 bridgehead atoms. The number of rotatable bonds is 7. The second kappa shape index (κ2) is 16.8. The van der Waals surface area contributed by atoms with Crippen molar-refractivity contribution in [2.45, 2.75) is 82.6 Å². The van der Waals surface area contributed by atoms with E-state index in [0.717, 1.165) is 0 Å². The van der Waals surface area contributed by atoms with Gasteiger partial charge in [0.15, 0.2) is 12.0 Å². The van der Waals surface area contributed by atoms with Crippen LogP contribution in [0.1, 0.15) is 34.1 Å². The van der Waals surface area contributed by atoms with Crippen LogP contribution in [0.3, 0.4) is 0 Å². The molecule has 1 fully saturated rings. The molecule has 14 heteroatoms. The monoisotopic (exact) mass is 639 g/mol. The van der Waals surface area contributed by atoms with Crippen molar-refractivity contribution in [1.29, 1.82) is 0 Å². The fourth-order valence-electron chi connectivity index (χ4n) is 1.81. The molecule has 0 aliphatic carbocycles. The van der Waals surface area contributed by atoms with Crippen LogP contribution in [0, 0.1) is 0 Å². The second-order valence-electron chi connectivity index (χ2n) is 7.18. The van der Waals surface area contributed by atoms with Gasteiger partial charge in [0.2, 0.25) is 0 Å². The maximum atomic E-state index is 13.5. The Bertz CT molecular complexity index is 488. The fraction of sp³-hybridized carbons (Fsp3) is 0.882. The number of halogens is 1. The zero-order valence-corrected chi connectivity index (χ0v) is 20.0. The van der Waals surface area contributed by atoms with Crippen LogP contribution >= 0.6 is 0 Å². The van der Waals surface area contributed by atoms with Gasteiger partial charge < -0.3 is 61.2 Å². The molecular weight excluding hydrogens is 606 g/mol. The summed E-state index contributed by atoms with van der Waals surface area (Å²) < 4.78 is 23.2. The summed E-state index contributed by atoms with van der Waals surface area (Å²) in [5, 5.41) is 58.3. The third kappa shape index (κ3) is 13.4. The Morgan fingerprint density at radius 3 is 1.74 bits per heavy atom. The van der Waals surface area contributed by atoms with Crippen molar-refractivity contribution in [3.63, 3.8) is 0 Å². The van der Waals surface area contributed by atoms with Crippen LogP contribution in [0.5, 0.6) is 0 Å². The van der Waals surface area contributed by atoms with Crippen molar-refractivity contribution in [1.82, 2.24) is 0 Å². The average Bonchev–Trinajstić information content (AvgIpc) is 2.60. The number of nitrogens with two attached hydrogens (primary N) is 2. The summed E-state index contributed by atoms with van der Waals surface area (Å²) in [6, 6.07) is 0.667. The van der Waals surface area contributed by atoms with E-state index in [0.29, 0.717) is 12.1 Å². The topological polar surface area (TPSA) is 232 Å². The van der Waals surface area contributed by atoms with Crippen molar-refractivity contribution in [3.05, 3.63) is 0 Å². The molecule has 0 radical (unpaired) electrons. The predicted octanol–water partition coefficient (Wildman–Crippen LogP) is -4.89. The molecule has 5 atom stereocenters. The van der Waals surface area contributed by atoms with Crippen LogP contribution in [0.25, 0.3) is 0 Å². The number of alkyl halides is 1. The molecule has 1 heterocycles. The van der Waals surface area contributed by atoms with Gasteiger partial charge in [-0.2, -0.15) is 0 Å². The average molecular weight is 640 g/mol. The van der Waals surface area contributed by atoms with Gasteiger partial charge in [0.1, 0.15) is 24.4 Å². The van der Waals surface area contributed by atoms with Crippen LogP contribution in [-0.2, 0) is 40.1 Å². The molecule has 1 unspecified atom stereocenters. The van der Waals surface area contributed by atoms with E-state index in [1.54, 1.807) is 0 Å². The molecule has 188 valence electrons. The van der Waals surface area contributed by atoms with Crippen molar-refractivity contribution < 1.29 is 75.2 Å². The Balaban J connectivity index is -0.000000747. The minimum absolute atomic E-state index is 0. The van der Waals surface area contributed by atoms with Crippen LogP contribution in [-0.4, -0.2) is 94.0 Å². The minimum Gasteiger partial charge on any atom is -0.546 e. The smallest absolute Gasteiger partial charge is 0.546 e. The van der Waals surface area contributed by atoms with Gasteiger partial charge in [0.25, 0.3) is 0 Å². The van der Waals surface area contributed by atoms with Gasteiger partial charge in [0, 0.05) is 6.42 Å². The van der Waals surface area contributed by atoms with Gasteiger partial charge in [-0.25, -0.2) is 4.39 Å². The standard InChI is InChI=1S/C11H17FO10.2C3H9N.Pt/c12-11(9(17)18,10(19)20)1-2-21-8-7(16)6(15)5(14)4(3-13)22-8;2*1-3(2)4;/h4-8,13-16H,1-3H2,(H,17,18)(H,19,20);2*3H,4H2,1-2H3;/q;;;+2/p-2/t4-,5+,6+,7-,8?;;;/m1.../s1. The molecule has 8 N–H and O–H groups in total. The summed E-state index contributed by atoms with van der Waals surface area (Å²) in [5.74, 6) is -5.05. The number of hydrogen-bond acceptors (Lipinski definition) is 12. The molecular formula is C17H33FN2O10Pt. The number of aliphatic hydroxyl groups is 4. The van der Waals surface area contributed by atoms with Gasteiger partial charge in [-0.1, -0.05) is 27.7 Å². The van der Waals surface area contributed by atoms with E-state index in [1.807, 2.05) is 27.7 Å². The largest absolute Gasteiger partial charge is 2.00 e. The number of carboxylic acid groups (broad SMARTS) is 2. The van der Waals surface area contributed by atoms with Crippen molar-refractivity contribution in [2.24, 2.45) is 11.5 Å². The van der Waals surface area contributed by atoms with E-state index in [-0.39, 0.29) is 21.1 Å². The zero-order chi connectivity index (χ0) is 24.2. The van der Waals surface area contributed by atoms with Gasteiger partial charge in [-0.3, -0.25) is 0 Å². The maximum absolute atomic E-state index is 13.5. The Hall–Kier alpha value is -0.762. The summed E-state index contributed by atoms with van der Waals surface area (Å²) in [5.41, 5.74) is 6.42. The predicted molar refractivity (Wildman–Crippen MR) is 96.8 cm³/mol. The van der Waals surface area contributed by atoms with E-state index >= 15 is 0 Å². The summed E-state index contributed by atoms with van der Waals surface area (Å²) in [6.45, 7) is 6.21. The summed E-state index contributed by atoms with van der Waals surface area (Å²) in [6.07, 6.45) is -9.27. The van der Waals surface area contributed by atoms with Crippen LogP contribution in [0.2, 0.25) is 0 Å². The molecule has 0 aromatic carbocycles. The van der Waals surface area contributed by atoms with E-state index in [1.165, 1.54) is 0 Å². The Morgan fingerprint density at radius 2 is 1.42 bits per heavy atom. The fourth-order valence-corrected chi connectivity index (χ4v) is 1.81. The number of ether oxygens (including phenoxy) is 2. The van der Waals surface area contributed by atoms with Gasteiger partial charge in [0.05, 0.1) is 25.2 Å². The molecule has 1 aliphatic heterocycles. The molecule has 12 nitrogen and oxygen atoms in total. The first-order valence-corrected chi connectivity index (χ1v) is 9.16.